The van der Waals surface area contributed by atoms with Crippen LogP contribution >= 0.6 is 12.6 Å². The summed E-state index contributed by atoms with van der Waals surface area (Å²) < 4.78 is 0. The average molecular weight is 327 g/mol. The monoisotopic (exact) mass is 327 g/mol. The molecule has 0 aliphatic carbocycles. The summed E-state index contributed by atoms with van der Waals surface area (Å²) in [4.78, 5) is 27.0. The highest BCUT2D eigenvalue weighted by Crippen LogP contribution is 2.10. The van der Waals surface area contributed by atoms with Crippen LogP contribution in [-0.4, -0.2) is 22.1 Å². The van der Waals surface area contributed by atoms with E-state index < -0.39 is 0 Å². The number of thiol groups is 1. The van der Waals surface area contributed by atoms with Crippen molar-refractivity contribution in [3.8, 4) is 0 Å². The van der Waals surface area contributed by atoms with E-state index >= 15 is 0 Å². The van der Waals surface area contributed by atoms with Gasteiger partial charge in [-0.05, 0) is 29.8 Å². The SMILES string of the molecule is CC(C)C(=O)c1ccc(N/N=C\c2ccc(C(=O)S)cc2)nc1. The fourth-order valence-corrected chi connectivity index (χ4v) is 1.97. The summed E-state index contributed by atoms with van der Waals surface area (Å²) in [6, 6.07) is 10.3. The molecule has 0 saturated heterocycles. The molecular formula is C17H17N3O2S. The van der Waals surface area contributed by atoms with Gasteiger partial charge in [0, 0.05) is 23.2 Å². The Kier molecular flexibility index (Phi) is 5.65. The van der Waals surface area contributed by atoms with Crippen molar-refractivity contribution in [2.24, 2.45) is 11.0 Å². The number of carbonyl (C=O) groups is 2. The van der Waals surface area contributed by atoms with E-state index in [9.17, 15) is 9.59 Å². The van der Waals surface area contributed by atoms with Crippen molar-refractivity contribution in [3.05, 3.63) is 59.3 Å². The van der Waals surface area contributed by atoms with Crippen molar-refractivity contribution >= 4 is 35.6 Å². The molecule has 118 valence electrons. The summed E-state index contributed by atoms with van der Waals surface area (Å²) in [6.07, 6.45) is 3.15. The van der Waals surface area contributed by atoms with E-state index in [1.54, 1.807) is 42.6 Å². The van der Waals surface area contributed by atoms with Gasteiger partial charge in [-0.15, -0.1) is 12.6 Å². The third-order valence-corrected chi connectivity index (χ3v) is 3.38. The Bertz CT molecular complexity index is 723. The molecule has 0 aliphatic heterocycles. The zero-order valence-corrected chi connectivity index (χ0v) is 13.7. The topological polar surface area (TPSA) is 71.4 Å². The Hall–Kier alpha value is -2.47. The van der Waals surface area contributed by atoms with Gasteiger partial charge in [0.05, 0.1) is 6.21 Å². The number of pyridine rings is 1. The number of hydrogen-bond acceptors (Lipinski definition) is 5. The normalized spacial score (nSPS) is 11.0. The molecule has 5 nitrogen and oxygen atoms in total. The predicted octanol–water partition coefficient (Wildman–Crippen LogP) is 3.44. The van der Waals surface area contributed by atoms with Crippen LogP contribution in [-0.2, 0) is 0 Å². The number of Topliss-reactive ketones (excluding diaryl/α,β-unsaturated/α-hetero) is 1. The minimum absolute atomic E-state index is 0.0549. The first-order valence-electron chi connectivity index (χ1n) is 7.10. The second-order valence-electron chi connectivity index (χ2n) is 5.25. The number of aromatic nitrogens is 1. The molecule has 0 atom stereocenters. The van der Waals surface area contributed by atoms with Crippen molar-refractivity contribution in [1.82, 2.24) is 4.98 Å². The highest BCUT2D eigenvalue weighted by Gasteiger charge is 2.10. The molecule has 1 heterocycles. The van der Waals surface area contributed by atoms with Crippen LogP contribution in [0.25, 0.3) is 0 Å². The lowest BCUT2D eigenvalue weighted by atomic mass is 10.0. The Balaban J connectivity index is 1.97. The first kappa shape index (κ1) is 16.9. The molecule has 2 rings (SSSR count). The Labute approximate surface area is 140 Å². The molecule has 0 spiro atoms. The van der Waals surface area contributed by atoms with Crippen molar-refractivity contribution in [1.29, 1.82) is 0 Å². The second kappa shape index (κ2) is 7.69. The zero-order valence-electron chi connectivity index (χ0n) is 12.9. The fraction of sp³-hybridized carbons (Fsp3) is 0.176. The van der Waals surface area contributed by atoms with Crippen molar-refractivity contribution in [3.63, 3.8) is 0 Å². The molecule has 0 unspecified atom stereocenters. The van der Waals surface area contributed by atoms with E-state index in [1.165, 1.54) is 6.20 Å². The third-order valence-electron chi connectivity index (χ3n) is 3.12. The Morgan fingerprint density at radius 1 is 1.13 bits per heavy atom. The van der Waals surface area contributed by atoms with E-state index in [0.29, 0.717) is 16.9 Å². The highest BCUT2D eigenvalue weighted by atomic mass is 32.1. The minimum atomic E-state index is -0.271. The Morgan fingerprint density at radius 3 is 2.30 bits per heavy atom. The summed E-state index contributed by atoms with van der Waals surface area (Å²) >= 11 is 3.76. The van der Waals surface area contributed by atoms with Crippen LogP contribution in [0.15, 0.2) is 47.7 Å². The van der Waals surface area contributed by atoms with Gasteiger partial charge in [-0.25, -0.2) is 4.98 Å². The van der Waals surface area contributed by atoms with Gasteiger partial charge in [-0.2, -0.15) is 5.10 Å². The molecule has 2 aromatic rings. The number of nitrogens with one attached hydrogen (secondary N) is 1. The van der Waals surface area contributed by atoms with Gasteiger partial charge < -0.3 is 0 Å². The van der Waals surface area contributed by atoms with Crippen LogP contribution in [0.2, 0.25) is 0 Å². The fourth-order valence-electron chi connectivity index (χ4n) is 1.82. The lowest BCUT2D eigenvalue weighted by Gasteiger charge is -2.04. The smallest absolute Gasteiger partial charge is 0.216 e. The number of nitrogens with zero attached hydrogens (tertiary/aromatic N) is 2. The molecule has 0 bridgehead atoms. The van der Waals surface area contributed by atoms with Crippen LogP contribution in [0.1, 0.15) is 40.1 Å². The average Bonchev–Trinajstić information content (AvgIpc) is 2.55. The first-order chi connectivity index (χ1) is 11.0. The minimum Gasteiger partial charge on any atom is -0.294 e. The van der Waals surface area contributed by atoms with E-state index in [2.05, 4.69) is 28.1 Å². The van der Waals surface area contributed by atoms with Gasteiger partial charge in [0.15, 0.2) is 5.78 Å². The first-order valence-corrected chi connectivity index (χ1v) is 7.55. The van der Waals surface area contributed by atoms with Crippen molar-refractivity contribution in [2.45, 2.75) is 13.8 Å². The maximum atomic E-state index is 11.8. The molecule has 1 aromatic heterocycles. The highest BCUT2D eigenvalue weighted by molar-refractivity contribution is 7.97. The Morgan fingerprint density at radius 2 is 1.78 bits per heavy atom. The summed E-state index contributed by atoms with van der Waals surface area (Å²) in [5.74, 6) is 0.552. The van der Waals surface area contributed by atoms with E-state index in [0.717, 1.165) is 5.56 Å². The van der Waals surface area contributed by atoms with Crippen LogP contribution in [0.4, 0.5) is 5.82 Å². The van der Waals surface area contributed by atoms with Crippen LogP contribution in [0.3, 0.4) is 0 Å². The predicted molar refractivity (Wildman–Crippen MR) is 94.4 cm³/mol. The third kappa shape index (κ3) is 4.75. The lowest BCUT2D eigenvalue weighted by Crippen LogP contribution is -2.07. The molecule has 0 saturated carbocycles. The van der Waals surface area contributed by atoms with Crippen LogP contribution in [0, 0.1) is 5.92 Å². The number of carbonyl (C=O) groups excluding carboxylic acids is 2. The largest absolute Gasteiger partial charge is 0.294 e. The molecule has 1 aromatic carbocycles. The summed E-state index contributed by atoms with van der Waals surface area (Å²) in [5.41, 5.74) is 4.74. The molecule has 0 fully saturated rings. The number of anilines is 1. The standard InChI is InChI=1S/C17H17N3O2S/c1-11(2)16(21)14-7-8-15(18-10-14)20-19-9-12-3-5-13(6-4-12)17(22)23/h3-11H,1-2H3,(H,18,20)(H,22,23)/b19-9-. The van der Waals surface area contributed by atoms with Crippen LogP contribution < -0.4 is 5.43 Å². The zero-order chi connectivity index (χ0) is 16.8. The molecule has 0 amide bonds. The number of ketones is 1. The van der Waals surface area contributed by atoms with E-state index in [4.69, 9.17) is 0 Å². The van der Waals surface area contributed by atoms with E-state index in [1.807, 2.05) is 13.8 Å². The number of rotatable bonds is 6. The van der Waals surface area contributed by atoms with Gasteiger partial charge in [-0.1, -0.05) is 26.0 Å². The quantitative estimate of drug-likeness (QED) is 0.369. The second-order valence-corrected chi connectivity index (χ2v) is 5.65. The van der Waals surface area contributed by atoms with E-state index in [-0.39, 0.29) is 16.8 Å². The van der Waals surface area contributed by atoms with Crippen LogP contribution in [0.5, 0.6) is 0 Å². The molecule has 0 radical (unpaired) electrons. The lowest BCUT2D eigenvalue weighted by molar-refractivity contribution is 0.0938. The van der Waals surface area contributed by atoms with Gasteiger partial charge in [0.2, 0.25) is 5.12 Å². The molecule has 1 N–H and O–H groups in total. The number of benzene rings is 1. The maximum absolute atomic E-state index is 11.8. The van der Waals surface area contributed by atoms with Gasteiger partial charge >= 0.3 is 0 Å². The van der Waals surface area contributed by atoms with Crippen molar-refractivity contribution in [2.75, 3.05) is 5.43 Å². The molecular weight excluding hydrogens is 310 g/mol. The summed E-state index contributed by atoms with van der Waals surface area (Å²) in [5, 5.41) is 3.80. The number of hydrogen-bond donors (Lipinski definition) is 2. The summed E-state index contributed by atoms with van der Waals surface area (Å²) in [7, 11) is 0. The molecule has 0 aliphatic rings. The maximum Gasteiger partial charge on any atom is 0.216 e. The van der Waals surface area contributed by atoms with Gasteiger partial charge in [0.25, 0.3) is 0 Å². The number of hydrazone groups is 1. The molecule has 23 heavy (non-hydrogen) atoms. The van der Waals surface area contributed by atoms with Crippen molar-refractivity contribution < 1.29 is 9.59 Å². The summed E-state index contributed by atoms with van der Waals surface area (Å²) in [6.45, 7) is 3.71. The van der Waals surface area contributed by atoms with Gasteiger partial charge in [0.1, 0.15) is 5.82 Å². The van der Waals surface area contributed by atoms with Gasteiger partial charge in [-0.3, -0.25) is 15.0 Å². The molecule has 6 heteroatoms.